The van der Waals surface area contributed by atoms with Crippen molar-refractivity contribution in [1.29, 1.82) is 0 Å². The van der Waals surface area contributed by atoms with Crippen LogP contribution in [0, 0.1) is 0 Å². The normalized spacial score (nSPS) is 11.0. The van der Waals surface area contributed by atoms with Crippen molar-refractivity contribution in [3.8, 4) is 0 Å². The Labute approximate surface area is 157 Å². The number of nitrogens with zero attached hydrogens (tertiary/aromatic N) is 2. The number of rotatable bonds is 5. The van der Waals surface area contributed by atoms with Crippen molar-refractivity contribution in [1.82, 2.24) is 4.98 Å². The average Bonchev–Trinajstić information content (AvgIpc) is 2.59. The number of fused-ring (bicyclic) bond motifs is 1. The van der Waals surface area contributed by atoms with E-state index in [1.165, 1.54) is 6.20 Å². The van der Waals surface area contributed by atoms with Crippen LogP contribution in [0.15, 0.2) is 48.7 Å². The van der Waals surface area contributed by atoms with E-state index < -0.39 is 16.6 Å². The highest BCUT2D eigenvalue weighted by molar-refractivity contribution is 7.71. The Morgan fingerprint density at radius 3 is 2.65 bits per heavy atom. The second-order valence-electron chi connectivity index (χ2n) is 5.77. The maximum Gasteiger partial charge on any atom is 0.252 e. The summed E-state index contributed by atoms with van der Waals surface area (Å²) in [6.45, 7) is 0. The molecule has 1 heterocycles. The molecule has 1 aromatic heterocycles. The summed E-state index contributed by atoms with van der Waals surface area (Å²) in [5.74, 6) is -0.713. The Bertz CT molecular complexity index is 1070. The van der Waals surface area contributed by atoms with Crippen LogP contribution in [0.3, 0.4) is 0 Å². The molecule has 1 amide bonds. The summed E-state index contributed by atoms with van der Waals surface area (Å²) in [7, 11) is -0.783. The van der Waals surface area contributed by atoms with Gasteiger partial charge < -0.3 is 10.6 Å². The highest BCUT2D eigenvalue weighted by Gasteiger charge is 2.18. The number of amides is 1. The number of anilines is 2. The molecule has 2 N–H and O–H groups in total. The number of hydrogen-bond acceptors (Lipinski definition) is 5. The summed E-state index contributed by atoms with van der Waals surface area (Å²) in [6.07, 6.45) is 1.43. The van der Waals surface area contributed by atoms with Crippen LogP contribution in [0.1, 0.15) is 15.9 Å². The molecule has 0 saturated carbocycles. The molecular formula is C18H16ClN3O3S. The monoisotopic (exact) mass is 389 g/mol. The third-order valence-corrected chi connectivity index (χ3v) is 4.87. The van der Waals surface area contributed by atoms with Crippen molar-refractivity contribution < 1.29 is 13.2 Å². The number of benzene rings is 2. The minimum absolute atomic E-state index is 0.0909. The number of primary amides is 1. The molecule has 0 aliphatic rings. The molecule has 0 atom stereocenters. The smallest absolute Gasteiger partial charge is 0.252 e. The van der Waals surface area contributed by atoms with Crippen LogP contribution in [0.5, 0.6) is 0 Å². The molecule has 3 aromatic rings. The van der Waals surface area contributed by atoms with Gasteiger partial charge in [0, 0.05) is 29.3 Å². The van der Waals surface area contributed by atoms with Crippen LogP contribution in [0.4, 0.5) is 11.4 Å². The van der Waals surface area contributed by atoms with Crippen LogP contribution >= 0.6 is 11.6 Å². The highest BCUT2D eigenvalue weighted by Crippen LogP contribution is 2.34. The molecule has 0 spiro atoms. The lowest BCUT2D eigenvalue weighted by Gasteiger charge is -2.23. The number of thiol groups is 1. The lowest BCUT2D eigenvalue weighted by atomic mass is 10.0. The number of hydrogen-bond donors (Lipinski definition) is 2. The van der Waals surface area contributed by atoms with E-state index in [1.54, 1.807) is 48.3 Å². The third-order valence-electron chi connectivity index (χ3n) is 4.01. The lowest BCUT2D eigenvalue weighted by molar-refractivity contribution is 0.100. The fourth-order valence-corrected chi connectivity index (χ4v) is 3.51. The summed E-state index contributed by atoms with van der Waals surface area (Å²) in [5, 5.41) is 1.19. The van der Waals surface area contributed by atoms with E-state index in [-0.39, 0.29) is 11.3 Å². The Balaban J connectivity index is 2.28. The molecule has 0 aliphatic heterocycles. The average molecular weight is 390 g/mol. The second kappa shape index (κ2) is 7.31. The van der Waals surface area contributed by atoms with Crippen molar-refractivity contribution in [2.24, 2.45) is 5.73 Å². The van der Waals surface area contributed by atoms with Crippen molar-refractivity contribution in [2.45, 2.75) is 5.75 Å². The summed E-state index contributed by atoms with van der Waals surface area (Å²) in [5.41, 5.74) is 8.32. The zero-order chi connectivity index (χ0) is 18.8. The molecule has 134 valence electrons. The van der Waals surface area contributed by atoms with Crippen LogP contribution < -0.4 is 10.6 Å². The maximum absolute atomic E-state index is 12.0. The molecule has 3 rings (SSSR count). The second-order valence-corrected chi connectivity index (χ2v) is 7.18. The minimum atomic E-state index is -2.57. The van der Waals surface area contributed by atoms with E-state index >= 15 is 0 Å². The Morgan fingerprint density at radius 1 is 1.23 bits per heavy atom. The molecule has 0 radical (unpaired) electrons. The Hall–Kier alpha value is -2.64. The van der Waals surface area contributed by atoms with Gasteiger partial charge >= 0.3 is 0 Å². The Morgan fingerprint density at radius 2 is 2.00 bits per heavy atom. The van der Waals surface area contributed by atoms with Crippen molar-refractivity contribution >= 4 is 50.5 Å². The number of nitrogens with two attached hydrogens (primary N) is 1. The molecule has 0 saturated heterocycles. The Kier molecular flexibility index (Phi) is 5.11. The number of carbonyl (C=O) groups is 1. The minimum Gasteiger partial charge on any atom is -0.365 e. The van der Waals surface area contributed by atoms with Gasteiger partial charge in [-0.3, -0.25) is 9.78 Å². The SMILES string of the molecule is CN(c1cccc(Cl)c1)c1c(C(N)=O)cnc2ccc(C[SH](=O)=O)cc12. The van der Waals surface area contributed by atoms with E-state index in [4.69, 9.17) is 17.3 Å². The first-order chi connectivity index (χ1) is 12.4. The molecular weight excluding hydrogens is 374 g/mol. The zero-order valence-corrected chi connectivity index (χ0v) is 15.5. The van der Waals surface area contributed by atoms with E-state index in [2.05, 4.69) is 4.98 Å². The number of halogens is 1. The summed E-state index contributed by atoms with van der Waals surface area (Å²) in [6, 6.07) is 12.3. The topological polar surface area (TPSA) is 93.4 Å². The number of aromatic nitrogens is 1. The van der Waals surface area contributed by atoms with E-state index in [0.717, 1.165) is 5.69 Å². The van der Waals surface area contributed by atoms with Crippen LogP contribution in [-0.4, -0.2) is 26.4 Å². The lowest BCUT2D eigenvalue weighted by Crippen LogP contribution is -2.19. The third kappa shape index (κ3) is 3.63. The maximum atomic E-state index is 12.0. The standard InChI is InChI=1S/C18H16ClN3O3S/c1-22(13-4-2-3-12(19)8-13)17-14-7-11(10-26(24)25)5-6-16(14)21-9-15(17)18(20)23/h2-9,26H,10H2,1H3,(H2,20,23). The van der Waals surface area contributed by atoms with E-state index in [0.29, 0.717) is 27.2 Å². The van der Waals surface area contributed by atoms with Gasteiger partial charge in [0.2, 0.25) is 0 Å². The molecule has 0 fully saturated rings. The van der Waals surface area contributed by atoms with Gasteiger partial charge in [-0.25, -0.2) is 8.42 Å². The fourth-order valence-electron chi connectivity index (χ4n) is 2.83. The van der Waals surface area contributed by atoms with Gasteiger partial charge in [0.25, 0.3) is 5.91 Å². The van der Waals surface area contributed by atoms with Crippen LogP contribution in [-0.2, 0) is 16.5 Å². The van der Waals surface area contributed by atoms with Gasteiger partial charge in [-0.15, -0.1) is 0 Å². The van der Waals surface area contributed by atoms with Crippen molar-refractivity contribution in [3.63, 3.8) is 0 Å². The van der Waals surface area contributed by atoms with Crippen LogP contribution in [0.2, 0.25) is 5.02 Å². The molecule has 0 aliphatic carbocycles. The van der Waals surface area contributed by atoms with Gasteiger partial charge in [0.15, 0.2) is 0 Å². The number of carbonyl (C=O) groups excluding carboxylic acids is 1. The van der Waals surface area contributed by atoms with Gasteiger partial charge in [-0.2, -0.15) is 0 Å². The molecule has 8 heteroatoms. The molecule has 0 unspecified atom stereocenters. The first-order valence-corrected chi connectivity index (χ1v) is 9.43. The zero-order valence-electron chi connectivity index (χ0n) is 13.8. The molecule has 0 bridgehead atoms. The first-order valence-electron chi connectivity index (χ1n) is 7.69. The van der Waals surface area contributed by atoms with Gasteiger partial charge in [-0.1, -0.05) is 23.7 Å². The molecule has 6 nitrogen and oxygen atoms in total. The quantitative estimate of drug-likeness (QED) is 0.654. The highest BCUT2D eigenvalue weighted by atomic mass is 35.5. The largest absolute Gasteiger partial charge is 0.365 e. The predicted octanol–water partition coefficient (Wildman–Crippen LogP) is 2.87. The molecule has 26 heavy (non-hydrogen) atoms. The van der Waals surface area contributed by atoms with Gasteiger partial charge in [-0.05, 0) is 35.9 Å². The summed E-state index contributed by atoms with van der Waals surface area (Å²) >= 11 is 6.08. The number of pyridine rings is 1. The van der Waals surface area contributed by atoms with Crippen molar-refractivity contribution in [3.05, 3.63) is 64.8 Å². The molecule has 2 aromatic carbocycles. The van der Waals surface area contributed by atoms with E-state index in [1.807, 2.05) is 6.07 Å². The van der Waals surface area contributed by atoms with Gasteiger partial charge in [0.1, 0.15) is 10.7 Å². The first kappa shape index (κ1) is 18.2. The predicted molar refractivity (Wildman–Crippen MR) is 104 cm³/mol. The van der Waals surface area contributed by atoms with Crippen molar-refractivity contribution in [2.75, 3.05) is 11.9 Å². The summed E-state index contributed by atoms with van der Waals surface area (Å²) in [4.78, 5) is 18.0. The van der Waals surface area contributed by atoms with Gasteiger partial charge in [0.05, 0.1) is 22.5 Å². The van der Waals surface area contributed by atoms with Crippen LogP contribution in [0.25, 0.3) is 10.9 Å². The fraction of sp³-hybridized carbons (Fsp3) is 0.111. The van der Waals surface area contributed by atoms with E-state index in [9.17, 15) is 13.2 Å². The summed E-state index contributed by atoms with van der Waals surface area (Å²) < 4.78 is 22.2.